The fraction of sp³-hybridized carbons (Fsp3) is 0.0526. The van der Waals surface area contributed by atoms with Gasteiger partial charge in [-0.3, -0.25) is 0 Å². The third kappa shape index (κ3) is 3.42. The Hall–Kier alpha value is -1.98. The second-order valence-electron chi connectivity index (χ2n) is 5.45. The van der Waals surface area contributed by atoms with Gasteiger partial charge in [0.25, 0.3) is 0 Å². The second kappa shape index (κ2) is 6.87. The smallest absolute Gasteiger partial charge is 0.143 e. The standard InChI is InChI=1S/C19H14Br2O3/c20-16-9-13(10-17(21)19(16)24)18(11-1-5-14(22)6-2-11)12-3-7-15(23)8-4-12/h1-10,18,22-24H. The lowest BCUT2D eigenvalue weighted by atomic mass is 9.85. The summed E-state index contributed by atoms with van der Waals surface area (Å²) in [4.78, 5) is 0. The van der Waals surface area contributed by atoms with Crippen LogP contribution in [0, 0.1) is 0 Å². The molecule has 0 aliphatic carbocycles. The molecule has 3 nitrogen and oxygen atoms in total. The average molecular weight is 450 g/mol. The number of benzene rings is 3. The predicted molar refractivity (Wildman–Crippen MR) is 101 cm³/mol. The van der Waals surface area contributed by atoms with E-state index in [9.17, 15) is 15.3 Å². The largest absolute Gasteiger partial charge is 0.508 e. The summed E-state index contributed by atoms with van der Waals surface area (Å²) < 4.78 is 1.18. The highest BCUT2D eigenvalue weighted by molar-refractivity contribution is 9.11. The first kappa shape index (κ1) is 16.9. The third-order valence-corrected chi connectivity index (χ3v) is 5.03. The number of rotatable bonds is 3. The van der Waals surface area contributed by atoms with E-state index in [0.29, 0.717) is 8.95 Å². The van der Waals surface area contributed by atoms with Crippen molar-refractivity contribution in [1.29, 1.82) is 0 Å². The second-order valence-corrected chi connectivity index (χ2v) is 7.16. The van der Waals surface area contributed by atoms with Crippen molar-refractivity contribution in [1.82, 2.24) is 0 Å². The molecule has 0 radical (unpaired) electrons. The van der Waals surface area contributed by atoms with Crippen molar-refractivity contribution in [2.75, 3.05) is 0 Å². The molecule has 0 bridgehead atoms. The number of aromatic hydroxyl groups is 3. The highest BCUT2D eigenvalue weighted by Crippen LogP contribution is 2.40. The zero-order valence-corrected chi connectivity index (χ0v) is 15.6. The average Bonchev–Trinajstić information content (AvgIpc) is 2.56. The van der Waals surface area contributed by atoms with Crippen LogP contribution in [0.25, 0.3) is 0 Å². The Balaban J connectivity index is 2.18. The molecule has 0 unspecified atom stereocenters. The molecular formula is C19H14Br2O3. The van der Waals surface area contributed by atoms with Crippen LogP contribution in [0.3, 0.4) is 0 Å². The summed E-state index contributed by atoms with van der Waals surface area (Å²) in [5.41, 5.74) is 2.94. The van der Waals surface area contributed by atoms with Crippen LogP contribution in [0.2, 0.25) is 0 Å². The summed E-state index contributed by atoms with van der Waals surface area (Å²) in [6.07, 6.45) is 0. The van der Waals surface area contributed by atoms with Crippen LogP contribution in [-0.2, 0) is 0 Å². The van der Waals surface area contributed by atoms with Crippen molar-refractivity contribution < 1.29 is 15.3 Å². The molecule has 5 heteroatoms. The number of phenolic OH excluding ortho intramolecular Hbond substituents is 3. The lowest BCUT2D eigenvalue weighted by Gasteiger charge is -2.20. The van der Waals surface area contributed by atoms with E-state index in [1.54, 1.807) is 24.3 Å². The quantitative estimate of drug-likeness (QED) is 0.462. The van der Waals surface area contributed by atoms with Crippen LogP contribution in [0.15, 0.2) is 69.6 Å². The summed E-state index contributed by atoms with van der Waals surface area (Å²) in [5.74, 6) is 0.445. The molecule has 3 N–H and O–H groups in total. The Labute approximate surface area is 156 Å². The molecule has 0 aliphatic heterocycles. The van der Waals surface area contributed by atoms with E-state index in [0.717, 1.165) is 16.7 Å². The third-order valence-electron chi connectivity index (χ3n) is 3.83. The monoisotopic (exact) mass is 448 g/mol. The molecule has 3 aromatic carbocycles. The SMILES string of the molecule is Oc1ccc(C(c2ccc(O)cc2)c2cc(Br)c(O)c(Br)c2)cc1. The Morgan fingerprint density at radius 1 is 0.583 bits per heavy atom. The van der Waals surface area contributed by atoms with E-state index in [-0.39, 0.29) is 23.2 Å². The molecule has 0 aromatic heterocycles. The molecular weight excluding hydrogens is 436 g/mol. The molecule has 122 valence electrons. The van der Waals surface area contributed by atoms with Crippen molar-refractivity contribution in [3.63, 3.8) is 0 Å². The molecule has 3 aromatic rings. The normalized spacial score (nSPS) is 11.0. The fourth-order valence-corrected chi connectivity index (χ4v) is 3.88. The maximum atomic E-state index is 9.97. The molecule has 0 fully saturated rings. The van der Waals surface area contributed by atoms with E-state index >= 15 is 0 Å². The van der Waals surface area contributed by atoms with Crippen LogP contribution < -0.4 is 0 Å². The molecule has 3 rings (SSSR count). The minimum Gasteiger partial charge on any atom is -0.508 e. The van der Waals surface area contributed by atoms with E-state index in [1.807, 2.05) is 36.4 Å². The first-order chi connectivity index (χ1) is 11.5. The summed E-state index contributed by atoms with van der Waals surface area (Å²) in [6, 6.07) is 17.8. The molecule has 0 saturated carbocycles. The van der Waals surface area contributed by atoms with Gasteiger partial charge in [-0.25, -0.2) is 0 Å². The number of hydrogen-bond acceptors (Lipinski definition) is 3. The Morgan fingerprint density at radius 2 is 0.958 bits per heavy atom. The van der Waals surface area contributed by atoms with Crippen LogP contribution in [0.5, 0.6) is 17.2 Å². The van der Waals surface area contributed by atoms with Crippen LogP contribution in [0.1, 0.15) is 22.6 Å². The zero-order valence-electron chi connectivity index (χ0n) is 12.4. The maximum Gasteiger partial charge on any atom is 0.143 e. The van der Waals surface area contributed by atoms with E-state index in [4.69, 9.17) is 0 Å². The first-order valence-electron chi connectivity index (χ1n) is 7.21. The number of phenols is 3. The zero-order chi connectivity index (χ0) is 17.3. The van der Waals surface area contributed by atoms with Gasteiger partial charge in [-0.2, -0.15) is 0 Å². The van der Waals surface area contributed by atoms with Gasteiger partial charge in [-0.05, 0) is 84.9 Å². The van der Waals surface area contributed by atoms with Gasteiger partial charge >= 0.3 is 0 Å². The van der Waals surface area contributed by atoms with Crippen LogP contribution >= 0.6 is 31.9 Å². The van der Waals surface area contributed by atoms with E-state index in [2.05, 4.69) is 31.9 Å². The van der Waals surface area contributed by atoms with Crippen molar-refractivity contribution in [2.45, 2.75) is 5.92 Å². The minimum atomic E-state index is -0.112. The van der Waals surface area contributed by atoms with Crippen molar-refractivity contribution in [2.24, 2.45) is 0 Å². The molecule has 0 saturated heterocycles. The maximum absolute atomic E-state index is 9.97. The summed E-state index contributed by atoms with van der Waals surface area (Å²) in [6.45, 7) is 0. The molecule has 0 spiro atoms. The summed E-state index contributed by atoms with van der Waals surface area (Å²) in [5, 5.41) is 29.1. The van der Waals surface area contributed by atoms with Crippen LogP contribution in [-0.4, -0.2) is 15.3 Å². The minimum absolute atomic E-state index is 0.112. The van der Waals surface area contributed by atoms with Crippen molar-refractivity contribution >= 4 is 31.9 Å². The van der Waals surface area contributed by atoms with Crippen LogP contribution in [0.4, 0.5) is 0 Å². The molecule has 0 heterocycles. The Morgan fingerprint density at radius 3 is 1.33 bits per heavy atom. The molecule has 0 amide bonds. The van der Waals surface area contributed by atoms with Gasteiger partial charge < -0.3 is 15.3 Å². The Bertz CT molecular complexity index is 790. The lowest BCUT2D eigenvalue weighted by Crippen LogP contribution is -2.03. The summed E-state index contributed by atoms with van der Waals surface area (Å²) in [7, 11) is 0. The lowest BCUT2D eigenvalue weighted by molar-refractivity contribution is 0.468. The summed E-state index contributed by atoms with van der Waals surface area (Å²) >= 11 is 6.75. The highest BCUT2D eigenvalue weighted by Gasteiger charge is 2.19. The highest BCUT2D eigenvalue weighted by atomic mass is 79.9. The fourth-order valence-electron chi connectivity index (χ4n) is 2.66. The van der Waals surface area contributed by atoms with Gasteiger partial charge in [0, 0.05) is 5.92 Å². The van der Waals surface area contributed by atoms with Gasteiger partial charge in [0.05, 0.1) is 8.95 Å². The van der Waals surface area contributed by atoms with Gasteiger partial charge in [-0.1, -0.05) is 24.3 Å². The van der Waals surface area contributed by atoms with E-state index < -0.39 is 0 Å². The van der Waals surface area contributed by atoms with Crippen molar-refractivity contribution in [3.8, 4) is 17.2 Å². The Kier molecular flexibility index (Phi) is 4.83. The first-order valence-corrected chi connectivity index (χ1v) is 8.80. The molecule has 0 atom stereocenters. The predicted octanol–water partition coefficient (Wildman–Crippen LogP) is 5.51. The topological polar surface area (TPSA) is 60.7 Å². The van der Waals surface area contributed by atoms with E-state index in [1.165, 1.54) is 0 Å². The number of halogens is 2. The molecule has 24 heavy (non-hydrogen) atoms. The van der Waals surface area contributed by atoms with Gasteiger partial charge in [0.2, 0.25) is 0 Å². The van der Waals surface area contributed by atoms with Gasteiger partial charge in [0.1, 0.15) is 17.2 Å². The van der Waals surface area contributed by atoms with Crippen molar-refractivity contribution in [3.05, 3.63) is 86.3 Å². The van der Waals surface area contributed by atoms with Gasteiger partial charge in [-0.15, -0.1) is 0 Å². The molecule has 0 aliphatic rings. The number of hydrogen-bond donors (Lipinski definition) is 3. The van der Waals surface area contributed by atoms with Gasteiger partial charge in [0.15, 0.2) is 0 Å².